The van der Waals surface area contributed by atoms with E-state index in [1.807, 2.05) is 6.92 Å². The quantitative estimate of drug-likeness (QED) is 0.556. The zero-order chi connectivity index (χ0) is 20.6. The number of hydrogen-bond donors (Lipinski definition) is 2. The summed E-state index contributed by atoms with van der Waals surface area (Å²) in [5.74, 6) is 0.518. The van der Waals surface area contributed by atoms with E-state index in [1.54, 1.807) is 36.7 Å². The number of benzene rings is 1. The SMILES string of the molecule is CCNC(=NCC(O)c1ccncc1)N1CCN(Cc2c(F)cccc2Cl)CC1. The number of aromatic nitrogens is 1. The van der Waals surface area contributed by atoms with Gasteiger partial charge in [-0.05, 0) is 36.8 Å². The molecule has 1 saturated heterocycles. The third-order valence-corrected chi connectivity index (χ3v) is 5.31. The molecule has 8 heteroatoms. The fourth-order valence-electron chi connectivity index (χ4n) is 3.31. The molecule has 2 heterocycles. The third-order valence-electron chi connectivity index (χ3n) is 4.95. The highest BCUT2D eigenvalue weighted by molar-refractivity contribution is 6.31. The van der Waals surface area contributed by atoms with Crippen LogP contribution < -0.4 is 5.32 Å². The summed E-state index contributed by atoms with van der Waals surface area (Å²) in [6, 6.07) is 8.37. The standard InChI is InChI=1S/C21H27ClFN5O/c1-2-25-21(26-14-20(29)16-6-8-24-9-7-16)28-12-10-27(11-13-28)15-17-18(22)4-3-5-19(17)23/h3-9,20,29H,2,10-15H2,1H3,(H,25,26). The van der Waals surface area contributed by atoms with Crippen molar-refractivity contribution in [2.24, 2.45) is 4.99 Å². The number of nitrogens with zero attached hydrogens (tertiary/aromatic N) is 4. The fourth-order valence-corrected chi connectivity index (χ4v) is 3.54. The van der Waals surface area contributed by atoms with Gasteiger partial charge in [0.15, 0.2) is 5.96 Å². The lowest BCUT2D eigenvalue weighted by Crippen LogP contribution is -2.52. The molecule has 1 unspecified atom stereocenters. The van der Waals surface area contributed by atoms with Gasteiger partial charge in [0.05, 0.1) is 12.6 Å². The number of piperazine rings is 1. The molecule has 3 rings (SSSR count). The van der Waals surface area contributed by atoms with Crippen LogP contribution in [0.3, 0.4) is 0 Å². The Morgan fingerprint density at radius 1 is 1.24 bits per heavy atom. The molecule has 2 N–H and O–H groups in total. The summed E-state index contributed by atoms with van der Waals surface area (Å²) in [6.07, 6.45) is 2.65. The van der Waals surface area contributed by atoms with Crippen molar-refractivity contribution >= 4 is 17.6 Å². The van der Waals surface area contributed by atoms with Crippen molar-refractivity contribution in [3.8, 4) is 0 Å². The van der Waals surface area contributed by atoms with Gasteiger partial charge in [-0.25, -0.2) is 4.39 Å². The molecular weight excluding hydrogens is 393 g/mol. The van der Waals surface area contributed by atoms with Crippen LogP contribution in [0, 0.1) is 5.82 Å². The molecule has 0 radical (unpaired) electrons. The van der Waals surface area contributed by atoms with Crippen molar-refractivity contribution in [1.29, 1.82) is 0 Å². The van der Waals surface area contributed by atoms with E-state index in [9.17, 15) is 9.50 Å². The van der Waals surface area contributed by atoms with Crippen LogP contribution in [0.15, 0.2) is 47.7 Å². The lowest BCUT2D eigenvalue weighted by molar-refractivity contribution is 0.168. The zero-order valence-corrected chi connectivity index (χ0v) is 17.3. The summed E-state index contributed by atoms with van der Waals surface area (Å²) < 4.78 is 14.0. The largest absolute Gasteiger partial charge is 0.386 e. The number of halogens is 2. The van der Waals surface area contributed by atoms with E-state index in [2.05, 4.69) is 25.1 Å². The van der Waals surface area contributed by atoms with Gasteiger partial charge < -0.3 is 15.3 Å². The van der Waals surface area contributed by atoms with Crippen molar-refractivity contribution in [2.75, 3.05) is 39.3 Å². The first-order valence-corrected chi connectivity index (χ1v) is 10.2. The predicted octanol–water partition coefficient (Wildman–Crippen LogP) is 2.69. The molecule has 0 aliphatic carbocycles. The summed E-state index contributed by atoms with van der Waals surface area (Å²) in [7, 11) is 0. The normalized spacial score (nSPS) is 16.7. The number of pyridine rings is 1. The molecule has 1 aliphatic rings. The number of nitrogens with one attached hydrogen (secondary N) is 1. The maximum Gasteiger partial charge on any atom is 0.194 e. The molecule has 1 aromatic heterocycles. The minimum Gasteiger partial charge on any atom is -0.386 e. The van der Waals surface area contributed by atoms with Gasteiger partial charge >= 0.3 is 0 Å². The van der Waals surface area contributed by atoms with E-state index < -0.39 is 6.10 Å². The van der Waals surface area contributed by atoms with Crippen LogP contribution in [0.25, 0.3) is 0 Å². The van der Waals surface area contributed by atoms with Crippen LogP contribution in [-0.2, 0) is 6.54 Å². The van der Waals surface area contributed by atoms with Crippen LogP contribution in [-0.4, -0.2) is 65.1 Å². The lowest BCUT2D eigenvalue weighted by Gasteiger charge is -2.36. The van der Waals surface area contributed by atoms with E-state index in [0.717, 1.165) is 44.2 Å². The van der Waals surface area contributed by atoms with Gasteiger partial charge in [0.2, 0.25) is 0 Å². The molecule has 2 aromatic rings. The van der Waals surface area contributed by atoms with E-state index in [-0.39, 0.29) is 12.4 Å². The Kier molecular flexibility index (Phi) is 7.80. The molecule has 0 spiro atoms. The van der Waals surface area contributed by atoms with Crippen LogP contribution in [0.4, 0.5) is 4.39 Å². The number of aliphatic imine (C=N–C) groups is 1. The van der Waals surface area contributed by atoms with E-state index in [1.165, 1.54) is 6.07 Å². The average Bonchev–Trinajstić information content (AvgIpc) is 2.75. The molecule has 0 amide bonds. The summed E-state index contributed by atoms with van der Waals surface area (Å²) in [4.78, 5) is 12.9. The topological polar surface area (TPSA) is 64.0 Å². The van der Waals surface area contributed by atoms with Crippen molar-refractivity contribution < 1.29 is 9.50 Å². The molecule has 1 atom stereocenters. The maximum atomic E-state index is 14.0. The second-order valence-electron chi connectivity index (χ2n) is 6.95. The first-order valence-electron chi connectivity index (χ1n) is 9.85. The van der Waals surface area contributed by atoms with Gasteiger partial charge in [0, 0.05) is 62.2 Å². The number of aliphatic hydroxyl groups excluding tert-OH is 1. The van der Waals surface area contributed by atoms with Gasteiger partial charge in [-0.1, -0.05) is 17.7 Å². The van der Waals surface area contributed by atoms with E-state index in [0.29, 0.717) is 17.1 Å². The maximum absolute atomic E-state index is 14.0. The smallest absolute Gasteiger partial charge is 0.194 e. The second kappa shape index (κ2) is 10.5. The van der Waals surface area contributed by atoms with E-state index in [4.69, 9.17) is 11.6 Å². The van der Waals surface area contributed by atoms with Crippen molar-refractivity contribution in [3.63, 3.8) is 0 Å². The van der Waals surface area contributed by atoms with Crippen molar-refractivity contribution in [3.05, 3.63) is 64.7 Å². The Labute approximate surface area is 176 Å². The summed E-state index contributed by atoms with van der Waals surface area (Å²) in [5.41, 5.74) is 1.34. The monoisotopic (exact) mass is 419 g/mol. The molecule has 1 fully saturated rings. The van der Waals surface area contributed by atoms with Gasteiger partial charge in [-0.2, -0.15) is 0 Å². The Balaban J connectivity index is 1.58. The molecule has 6 nitrogen and oxygen atoms in total. The highest BCUT2D eigenvalue weighted by Gasteiger charge is 2.21. The fraction of sp³-hybridized carbons (Fsp3) is 0.429. The Hall–Kier alpha value is -2.22. The highest BCUT2D eigenvalue weighted by Crippen LogP contribution is 2.21. The Morgan fingerprint density at radius 3 is 2.62 bits per heavy atom. The number of aliphatic hydroxyl groups is 1. The molecule has 0 saturated carbocycles. The summed E-state index contributed by atoms with van der Waals surface area (Å²) >= 11 is 6.16. The van der Waals surface area contributed by atoms with Gasteiger partial charge in [0.1, 0.15) is 5.82 Å². The first kappa shape index (κ1) is 21.5. The van der Waals surface area contributed by atoms with Crippen molar-refractivity contribution in [2.45, 2.75) is 19.6 Å². The first-order chi connectivity index (χ1) is 14.1. The summed E-state index contributed by atoms with van der Waals surface area (Å²) in [5, 5.41) is 14.1. The average molecular weight is 420 g/mol. The van der Waals surface area contributed by atoms with Crippen LogP contribution in [0.1, 0.15) is 24.2 Å². The molecule has 1 aromatic carbocycles. The number of rotatable bonds is 6. The molecule has 1 aliphatic heterocycles. The van der Waals surface area contributed by atoms with Gasteiger partial charge in [0.25, 0.3) is 0 Å². The number of hydrogen-bond acceptors (Lipinski definition) is 4. The molecule has 0 bridgehead atoms. The van der Waals surface area contributed by atoms with Crippen LogP contribution in [0.2, 0.25) is 5.02 Å². The minimum absolute atomic E-state index is 0.264. The Morgan fingerprint density at radius 2 is 1.97 bits per heavy atom. The van der Waals surface area contributed by atoms with Crippen molar-refractivity contribution in [1.82, 2.24) is 20.1 Å². The van der Waals surface area contributed by atoms with Crippen LogP contribution in [0.5, 0.6) is 0 Å². The molecular formula is C21H27ClFN5O. The second-order valence-corrected chi connectivity index (χ2v) is 7.36. The number of guanidine groups is 1. The minimum atomic E-state index is -0.670. The van der Waals surface area contributed by atoms with Gasteiger partial charge in [-0.15, -0.1) is 0 Å². The summed E-state index contributed by atoms with van der Waals surface area (Å²) in [6.45, 7) is 6.63. The highest BCUT2D eigenvalue weighted by atomic mass is 35.5. The lowest BCUT2D eigenvalue weighted by atomic mass is 10.1. The molecule has 156 valence electrons. The zero-order valence-electron chi connectivity index (χ0n) is 16.6. The predicted molar refractivity (Wildman–Crippen MR) is 113 cm³/mol. The van der Waals surface area contributed by atoms with E-state index >= 15 is 0 Å². The Bertz CT molecular complexity index is 792. The third kappa shape index (κ3) is 5.88. The molecule has 29 heavy (non-hydrogen) atoms. The van der Waals surface area contributed by atoms with Crippen LogP contribution >= 0.6 is 11.6 Å². The van der Waals surface area contributed by atoms with Gasteiger partial charge in [-0.3, -0.25) is 14.9 Å².